The van der Waals surface area contributed by atoms with E-state index in [1.807, 2.05) is 0 Å². The molecule has 2 heterocycles. The van der Waals surface area contributed by atoms with E-state index >= 15 is 0 Å². The Morgan fingerprint density at radius 3 is 1.23 bits per heavy atom. The van der Waals surface area contributed by atoms with Gasteiger partial charge in [0.15, 0.2) is 6.04 Å². The number of aliphatic hydroxyl groups is 1. The summed E-state index contributed by atoms with van der Waals surface area (Å²) in [5.41, 5.74) is 13.2. The fraction of sp³-hybridized carbons (Fsp3) is 0.491. The lowest BCUT2D eigenvalue weighted by molar-refractivity contribution is -0.145. The van der Waals surface area contributed by atoms with Gasteiger partial charge in [-0.05, 0) is 74.6 Å². The summed E-state index contributed by atoms with van der Waals surface area (Å²) in [5, 5.41) is 60.2. The summed E-state index contributed by atoms with van der Waals surface area (Å²) in [7, 11) is 0. The van der Waals surface area contributed by atoms with Crippen LogP contribution in [-0.4, -0.2) is 162 Å². The summed E-state index contributed by atoms with van der Waals surface area (Å²) >= 11 is 0. The summed E-state index contributed by atoms with van der Waals surface area (Å²) in [5.74, 6) is -14.0. The summed E-state index contributed by atoms with van der Waals surface area (Å²) in [6.45, 7) is 9.40. The van der Waals surface area contributed by atoms with Gasteiger partial charge in [-0.2, -0.15) is 0 Å². The van der Waals surface area contributed by atoms with Crippen LogP contribution in [0.15, 0.2) is 60.9 Å². The highest BCUT2D eigenvalue weighted by molar-refractivity contribution is 6.00. The SMILES string of the molecule is CC(C)CC(NC(=O)C(C)N)C(=O)NC(CC(=O)O)C(=O)NC(Cc1c[nH]c2ccccc12)C(=O)NC(CCC(=O)O)C(=O)NC(Cc1c[nH]c2ccccc12)C(=O)NC(CC(C)C)C(=O)NC(CCC(N)=O)C(=O)NC(C(=O)O)C(C)O. The first-order valence-corrected chi connectivity index (χ1v) is 27.0. The second-order valence-corrected chi connectivity index (χ2v) is 21.2. The molecule has 0 aliphatic carbocycles. The number of nitrogens with two attached hydrogens (primary N) is 2. The number of fused-ring (bicyclic) bond motifs is 2. The number of carbonyl (C=O) groups excluding carboxylic acids is 9. The highest BCUT2D eigenvalue weighted by Crippen LogP contribution is 2.22. The minimum absolute atomic E-state index is 0.0551. The predicted molar refractivity (Wildman–Crippen MR) is 299 cm³/mol. The first-order chi connectivity index (χ1) is 39.0. The molecular formula is C55H76N12O16. The van der Waals surface area contributed by atoms with Crippen LogP contribution in [0.1, 0.15) is 97.6 Å². The Bertz CT molecular complexity index is 2990. The van der Waals surface area contributed by atoms with E-state index in [-0.39, 0.29) is 37.5 Å². The van der Waals surface area contributed by atoms with Gasteiger partial charge in [-0.25, -0.2) is 4.79 Å². The molecule has 83 heavy (non-hydrogen) atoms. The van der Waals surface area contributed by atoms with Crippen molar-refractivity contribution in [2.24, 2.45) is 23.3 Å². The zero-order valence-electron chi connectivity index (χ0n) is 46.9. The van der Waals surface area contributed by atoms with Crippen molar-refractivity contribution in [3.05, 3.63) is 72.1 Å². The second-order valence-electron chi connectivity index (χ2n) is 21.2. The molecule has 2 aromatic heterocycles. The van der Waals surface area contributed by atoms with Gasteiger partial charge < -0.3 is 84.4 Å². The van der Waals surface area contributed by atoms with Crippen LogP contribution in [0, 0.1) is 11.8 Å². The number of aromatic nitrogens is 2. The molecule has 9 amide bonds. The molecular weight excluding hydrogens is 1080 g/mol. The minimum atomic E-state index is -1.85. The lowest BCUT2D eigenvalue weighted by atomic mass is 9.99. The van der Waals surface area contributed by atoms with Crippen molar-refractivity contribution < 1.29 is 78.0 Å². The third-order valence-electron chi connectivity index (χ3n) is 13.2. The van der Waals surface area contributed by atoms with Crippen LogP contribution in [0.25, 0.3) is 21.8 Å². The molecule has 4 rings (SSSR count). The molecule has 10 atom stereocenters. The zero-order valence-corrected chi connectivity index (χ0v) is 46.9. The van der Waals surface area contributed by atoms with Crippen LogP contribution in [0.2, 0.25) is 0 Å². The Morgan fingerprint density at radius 1 is 0.470 bits per heavy atom. The average Bonchev–Trinajstić information content (AvgIpc) is 3.67. The zero-order chi connectivity index (χ0) is 61.8. The number of para-hydroxylation sites is 2. The largest absolute Gasteiger partial charge is 0.481 e. The van der Waals surface area contributed by atoms with E-state index in [1.54, 1.807) is 88.6 Å². The molecule has 18 N–H and O–H groups in total. The Balaban J connectivity index is 1.73. The molecule has 10 unspecified atom stereocenters. The molecule has 0 radical (unpaired) electrons. The van der Waals surface area contributed by atoms with Crippen molar-refractivity contribution in [3.63, 3.8) is 0 Å². The number of aliphatic hydroxyl groups excluding tert-OH is 1. The molecule has 0 bridgehead atoms. The Labute approximate surface area is 477 Å². The van der Waals surface area contributed by atoms with Gasteiger partial charge in [0.2, 0.25) is 53.2 Å². The second kappa shape index (κ2) is 31.3. The van der Waals surface area contributed by atoms with E-state index in [2.05, 4.69) is 52.5 Å². The highest BCUT2D eigenvalue weighted by Gasteiger charge is 2.37. The van der Waals surface area contributed by atoms with Crippen molar-refractivity contribution in [1.82, 2.24) is 52.5 Å². The molecule has 2 aromatic carbocycles. The van der Waals surface area contributed by atoms with Gasteiger partial charge >= 0.3 is 17.9 Å². The normalized spacial score (nSPS) is 15.0. The first kappa shape index (κ1) is 66.6. The number of carbonyl (C=O) groups is 12. The Kier molecular flexibility index (Phi) is 25.1. The molecule has 0 aliphatic rings. The molecule has 28 nitrogen and oxygen atoms in total. The number of carboxylic acid groups (broad SMARTS) is 3. The maximum absolute atomic E-state index is 14.7. The molecule has 452 valence electrons. The molecule has 0 fully saturated rings. The van der Waals surface area contributed by atoms with Crippen LogP contribution in [0.4, 0.5) is 0 Å². The van der Waals surface area contributed by atoms with E-state index < -0.39 is 164 Å². The fourth-order valence-corrected chi connectivity index (χ4v) is 8.92. The Hall–Kier alpha value is -8.92. The van der Waals surface area contributed by atoms with Gasteiger partial charge in [0.05, 0.1) is 18.6 Å². The number of aromatic amines is 2. The molecule has 0 saturated heterocycles. The van der Waals surface area contributed by atoms with Crippen molar-refractivity contribution in [2.45, 2.75) is 160 Å². The van der Waals surface area contributed by atoms with E-state index in [9.17, 15) is 78.0 Å². The van der Waals surface area contributed by atoms with E-state index in [1.165, 1.54) is 6.92 Å². The first-order valence-electron chi connectivity index (χ1n) is 27.0. The number of amides is 9. The molecule has 0 aliphatic heterocycles. The lowest BCUT2D eigenvalue weighted by Gasteiger charge is -2.28. The van der Waals surface area contributed by atoms with Crippen LogP contribution in [0.3, 0.4) is 0 Å². The summed E-state index contributed by atoms with van der Waals surface area (Å²) < 4.78 is 0. The molecule has 0 spiro atoms. The van der Waals surface area contributed by atoms with E-state index in [0.717, 1.165) is 6.92 Å². The van der Waals surface area contributed by atoms with Crippen molar-refractivity contribution >= 4 is 92.9 Å². The average molecular weight is 1160 g/mol. The summed E-state index contributed by atoms with van der Waals surface area (Å²) in [4.78, 5) is 166. The molecule has 0 saturated carbocycles. The molecule has 28 heteroatoms. The topological polar surface area (TPSA) is 466 Å². The quantitative estimate of drug-likeness (QED) is 0.0262. The van der Waals surface area contributed by atoms with E-state index in [4.69, 9.17) is 11.5 Å². The monoisotopic (exact) mass is 1160 g/mol. The number of aliphatic carboxylic acids is 3. The van der Waals surface area contributed by atoms with Crippen LogP contribution >= 0.6 is 0 Å². The number of hydrogen-bond acceptors (Lipinski definition) is 14. The molecule has 4 aromatic rings. The van der Waals surface area contributed by atoms with Crippen LogP contribution in [0.5, 0.6) is 0 Å². The predicted octanol–water partition coefficient (Wildman–Crippen LogP) is -1.18. The smallest absolute Gasteiger partial charge is 0.328 e. The maximum atomic E-state index is 14.7. The highest BCUT2D eigenvalue weighted by atomic mass is 16.4. The number of benzene rings is 2. The van der Waals surface area contributed by atoms with Crippen molar-refractivity contribution in [2.75, 3.05) is 0 Å². The van der Waals surface area contributed by atoms with Crippen LogP contribution < -0.4 is 54.0 Å². The van der Waals surface area contributed by atoms with Gasteiger partial charge in [-0.1, -0.05) is 64.1 Å². The number of hydrogen-bond donors (Lipinski definition) is 16. The van der Waals surface area contributed by atoms with E-state index in [0.29, 0.717) is 32.9 Å². The third kappa shape index (κ3) is 20.8. The number of primary amides is 1. The fourth-order valence-electron chi connectivity index (χ4n) is 8.92. The Morgan fingerprint density at radius 2 is 0.831 bits per heavy atom. The van der Waals surface area contributed by atoms with Gasteiger partial charge in [0.1, 0.15) is 42.3 Å². The van der Waals surface area contributed by atoms with Crippen molar-refractivity contribution in [3.8, 4) is 0 Å². The third-order valence-corrected chi connectivity index (χ3v) is 13.2. The van der Waals surface area contributed by atoms with Crippen LogP contribution in [-0.2, 0) is 70.4 Å². The number of carboxylic acids is 3. The van der Waals surface area contributed by atoms with Gasteiger partial charge in [0.25, 0.3) is 0 Å². The van der Waals surface area contributed by atoms with Gasteiger partial charge in [0, 0.05) is 59.9 Å². The minimum Gasteiger partial charge on any atom is -0.481 e. The maximum Gasteiger partial charge on any atom is 0.328 e. The number of rotatable bonds is 34. The lowest BCUT2D eigenvalue weighted by Crippen LogP contribution is -2.61. The number of H-pyrrole nitrogens is 2. The standard InChI is InChI=1S/C55H76N12O16/c1-26(2)19-38(62-47(74)28(5)56)51(78)66-42(23-45(72)73)54(81)65-40(21-30-24-58-34-13-9-7-11-32(30)34)52(79)61-37(16-18-44(70)71)48(75)64-41(22-31-25-59-35-14-10-8-12-33(31)35)53(80)63-39(20-27(3)4)50(77)60-36(15-17-43(57)69)49(76)67-46(29(6)68)55(82)83/h7-14,24-29,36-42,46,58-59,68H,15-23,56H2,1-6H3,(H2,57,69)(H,60,77)(H,61,79)(H,62,74)(H,63,80)(H,64,75)(H,65,81)(H,66,78)(H,67,76)(H,70,71)(H,72,73)(H,82,83). The van der Waals surface area contributed by atoms with Crippen molar-refractivity contribution in [1.29, 1.82) is 0 Å². The summed E-state index contributed by atoms with van der Waals surface area (Å²) in [6, 6.07) is -0.344. The van der Waals surface area contributed by atoms with Gasteiger partial charge in [-0.3, -0.25) is 52.7 Å². The van der Waals surface area contributed by atoms with Gasteiger partial charge in [-0.15, -0.1) is 0 Å². The summed E-state index contributed by atoms with van der Waals surface area (Å²) in [6.07, 6.45) is -2.36. The number of nitrogens with one attached hydrogen (secondary N) is 10.